The summed E-state index contributed by atoms with van der Waals surface area (Å²) in [5, 5.41) is 5.53. The van der Waals surface area contributed by atoms with E-state index in [1.54, 1.807) is 0 Å². The predicted octanol–water partition coefficient (Wildman–Crippen LogP) is 1.36. The lowest BCUT2D eigenvalue weighted by atomic mass is 9.87. The molecule has 0 bridgehead atoms. The van der Waals surface area contributed by atoms with E-state index in [2.05, 4.69) is 48.6 Å². The summed E-state index contributed by atoms with van der Waals surface area (Å²) in [6, 6.07) is 13.5. The van der Waals surface area contributed by atoms with Crippen LogP contribution in [0.1, 0.15) is 17.5 Å². The number of rotatable bonds is 0. The summed E-state index contributed by atoms with van der Waals surface area (Å²) in [6.07, 6.45) is 7.70. The van der Waals surface area contributed by atoms with E-state index in [1.807, 2.05) is 0 Å². The van der Waals surface area contributed by atoms with Gasteiger partial charge in [-0.3, -0.25) is 0 Å². The Labute approximate surface area is 112 Å². The van der Waals surface area contributed by atoms with Crippen molar-refractivity contribution in [3.05, 3.63) is 68.4 Å². The zero-order chi connectivity index (χ0) is 12.8. The quantitative estimate of drug-likeness (QED) is 0.747. The Morgan fingerprint density at radius 1 is 0.842 bits per heavy atom. The molecule has 0 radical (unpaired) electrons. The molecular formula is C18H17N. The lowest BCUT2D eigenvalue weighted by Gasteiger charge is -2.20. The van der Waals surface area contributed by atoms with Gasteiger partial charge in [0.25, 0.3) is 0 Å². The van der Waals surface area contributed by atoms with E-state index < -0.39 is 0 Å². The molecule has 0 saturated carbocycles. The van der Waals surface area contributed by atoms with Crippen molar-refractivity contribution in [2.75, 3.05) is 0 Å². The highest BCUT2D eigenvalue weighted by atomic mass is 14.6. The second-order valence-electron chi connectivity index (χ2n) is 5.56. The first kappa shape index (κ1) is 11.0. The first-order valence-corrected chi connectivity index (χ1v) is 6.99. The molecule has 0 fully saturated rings. The standard InChI is InChI=1S/C18H17N/c19-14-8-5-13-7-9-16-15-4-2-1-3-12(15)6-10-17(16)18(13)11-14/h1-7,9,14H,8,10-11,19H2/t14-/m0/s1. The molecule has 0 aliphatic heterocycles. The first-order valence-electron chi connectivity index (χ1n) is 6.99. The topological polar surface area (TPSA) is 26.0 Å². The molecule has 4 rings (SSSR count). The van der Waals surface area contributed by atoms with Crippen LogP contribution in [0.15, 0.2) is 36.4 Å². The van der Waals surface area contributed by atoms with Gasteiger partial charge < -0.3 is 5.73 Å². The van der Waals surface area contributed by atoms with Crippen molar-refractivity contribution < 1.29 is 0 Å². The number of nitrogens with two attached hydrogens (primary N) is 1. The van der Waals surface area contributed by atoms with E-state index in [4.69, 9.17) is 5.73 Å². The summed E-state index contributed by atoms with van der Waals surface area (Å²) < 4.78 is 0. The maximum atomic E-state index is 6.14. The first-order chi connectivity index (χ1) is 9.33. The molecule has 0 amide bonds. The van der Waals surface area contributed by atoms with Gasteiger partial charge in [-0.25, -0.2) is 0 Å². The van der Waals surface area contributed by atoms with Gasteiger partial charge in [0.15, 0.2) is 0 Å². The molecule has 94 valence electrons. The van der Waals surface area contributed by atoms with Crippen LogP contribution in [0.25, 0.3) is 12.2 Å². The molecule has 1 heteroatoms. The third kappa shape index (κ3) is 1.66. The van der Waals surface area contributed by atoms with Gasteiger partial charge in [0.05, 0.1) is 0 Å². The monoisotopic (exact) mass is 247 g/mol. The molecule has 2 aromatic rings. The highest BCUT2D eigenvalue weighted by Crippen LogP contribution is 2.17. The van der Waals surface area contributed by atoms with E-state index in [0.29, 0.717) is 0 Å². The van der Waals surface area contributed by atoms with Crippen LogP contribution in [0.5, 0.6) is 0 Å². The molecular weight excluding hydrogens is 230 g/mol. The molecule has 19 heavy (non-hydrogen) atoms. The highest BCUT2D eigenvalue weighted by molar-refractivity contribution is 5.48. The molecule has 1 atom stereocenters. The Kier molecular flexibility index (Phi) is 2.36. The summed E-state index contributed by atoms with van der Waals surface area (Å²) in [7, 11) is 0. The zero-order valence-corrected chi connectivity index (χ0v) is 10.9. The molecule has 2 aliphatic carbocycles. The molecule has 0 spiro atoms. The molecule has 2 aromatic carbocycles. The minimum atomic E-state index is 0.288. The van der Waals surface area contributed by atoms with Crippen LogP contribution >= 0.6 is 0 Å². The third-order valence-electron chi connectivity index (χ3n) is 4.35. The number of fused-ring (bicyclic) bond motifs is 4. The molecule has 0 heterocycles. The number of hydrogen-bond donors (Lipinski definition) is 1. The highest BCUT2D eigenvalue weighted by Gasteiger charge is 2.15. The smallest absolute Gasteiger partial charge is 0.0115 e. The summed E-state index contributed by atoms with van der Waals surface area (Å²) in [5.41, 5.74) is 9.10. The molecule has 2 N–H and O–H groups in total. The molecule has 0 aromatic heterocycles. The maximum Gasteiger partial charge on any atom is 0.0115 e. The van der Waals surface area contributed by atoms with Gasteiger partial charge in [0, 0.05) is 6.04 Å². The van der Waals surface area contributed by atoms with Crippen molar-refractivity contribution in [1.29, 1.82) is 0 Å². The van der Waals surface area contributed by atoms with Crippen LogP contribution in [0.2, 0.25) is 0 Å². The Morgan fingerprint density at radius 2 is 1.74 bits per heavy atom. The normalized spacial score (nSPS) is 19.5. The molecule has 0 unspecified atom stereocenters. The SMILES string of the molecule is N[C@H]1CC=c2ccc3c(c2C1)CC=c1ccccc1=3. The van der Waals surface area contributed by atoms with Gasteiger partial charge in [-0.15, -0.1) is 0 Å². The van der Waals surface area contributed by atoms with Crippen LogP contribution in [-0.2, 0) is 12.8 Å². The van der Waals surface area contributed by atoms with Crippen LogP contribution in [0.4, 0.5) is 0 Å². The average molecular weight is 247 g/mol. The minimum Gasteiger partial charge on any atom is -0.327 e. The fourth-order valence-corrected chi connectivity index (χ4v) is 3.39. The maximum absolute atomic E-state index is 6.14. The van der Waals surface area contributed by atoms with Crippen molar-refractivity contribution in [3.63, 3.8) is 0 Å². The van der Waals surface area contributed by atoms with Crippen LogP contribution < -0.4 is 16.2 Å². The minimum absolute atomic E-state index is 0.288. The Morgan fingerprint density at radius 3 is 2.68 bits per heavy atom. The van der Waals surface area contributed by atoms with E-state index in [9.17, 15) is 0 Å². The number of hydrogen-bond acceptors (Lipinski definition) is 1. The van der Waals surface area contributed by atoms with Gasteiger partial charge in [-0.2, -0.15) is 0 Å². The van der Waals surface area contributed by atoms with Crippen molar-refractivity contribution in [3.8, 4) is 0 Å². The fourth-order valence-electron chi connectivity index (χ4n) is 3.39. The van der Waals surface area contributed by atoms with Gasteiger partial charge in [-0.1, -0.05) is 48.6 Å². The Balaban J connectivity index is 2.18. The molecule has 1 nitrogen and oxygen atoms in total. The van der Waals surface area contributed by atoms with Crippen LogP contribution in [-0.4, -0.2) is 6.04 Å². The second kappa shape index (κ2) is 4.07. The predicted molar refractivity (Wildman–Crippen MR) is 78.7 cm³/mol. The van der Waals surface area contributed by atoms with Crippen LogP contribution in [0.3, 0.4) is 0 Å². The van der Waals surface area contributed by atoms with E-state index >= 15 is 0 Å². The Bertz CT molecular complexity index is 862. The summed E-state index contributed by atoms with van der Waals surface area (Å²) in [5.74, 6) is 0. The van der Waals surface area contributed by atoms with Crippen LogP contribution in [0, 0.1) is 10.4 Å². The summed E-state index contributed by atoms with van der Waals surface area (Å²) in [6.45, 7) is 0. The van der Waals surface area contributed by atoms with E-state index in [1.165, 1.54) is 32.0 Å². The van der Waals surface area contributed by atoms with Crippen molar-refractivity contribution in [2.45, 2.75) is 25.3 Å². The van der Waals surface area contributed by atoms with Gasteiger partial charge in [-0.05, 0) is 51.3 Å². The van der Waals surface area contributed by atoms with Crippen molar-refractivity contribution in [1.82, 2.24) is 0 Å². The van der Waals surface area contributed by atoms with E-state index in [-0.39, 0.29) is 6.04 Å². The third-order valence-corrected chi connectivity index (χ3v) is 4.35. The van der Waals surface area contributed by atoms with Gasteiger partial charge in [0.2, 0.25) is 0 Å². The largest absolute Gasteiger partial charge is 0.327 e. The summed E-state index contributed by atoms with van der Waals surface area (Å²) in [4.78, 5) is 0. The lowest BCUT2D eigenvalue weighted by molar-refractivity contribution is 0.673. The van der Waals surface area contributed by atoms with Crippen molar-refractivity contribution >= 4 is 12.2 Å². The van der Waals surface area contributed by atoms with Crippen molar-refractivity contribution in [2.24, 2.45) is 5.73 Å². The summed E-state index contributed by atoms with van der Waals surface area (Å²) >= 11 is 0. The van der Waals surface area contributed by atoms with Gasteiger partial charge >= 0.3 is 0 Å². The van der Waals surface area contributed by atoms with E-state index in [0.717, 1.165) is 19.3 Å². The molecule has 0 saturated heterocycles. The average Bonchev–Trinajstić information content (AvgIpc) is 2.46. The zero-order valence-electron chi connectivity index (χ0n) is 10.9. The second-order valence-corrected chi connectivity index (χ2v) is 5.56. The Hall–Kier alpha value is -1.86. The van der Waals surface area contributed by atoms with Gasteiger partial charge in [0.1, 0.15) is 0 Å². The lowest BCUT2D eigenvalue weighted by Crippen LogP contribution is -2.31. The number of benzene rings is 2. The molecule has 2 aliphatic rings. The fraction of sp³-hybridized carbons (Fsp3) is 0.222.